The van der Waals surface area contributed by atoms with Crippen LogP contribution in [0.25, 0.3) is 0 Å². The van der Waals surface area contributed by atoms with E-state index >= 15 is 0 Å². The molecule has 1 N–H and O–H groups in total. The van der Waals surface area contributed by atoms with Crippen molar-refractivity contribution in [3.63, 3.8) is 0 Å². The first-order valence-electron chi connectivity index (χ1n) is 6.85. The predicted octanol–water partition coefficient (Wildman–Crippen LogP) is 2.81. The molecule has 1 aliphatic carbocycles. The van der Waals surface area contributed by atoms with Crippen LogP contribution in [0.1, 0.15) is 45.1 Å². The molecule has 0 atom stereocenters. The standard InChI is InChI=1S/C15H20N2O2S/c1-15(2)8-6-13(7-9-15)17-20(18,19)14-5-3-4-12(10-14)11-16/h3-5,10,13,17H,6-9H2,1-2H3. The van der Waals surface area contributed by atoms with E-state index in [1.165, 1.54) is 12.1 Å². The highest BCUT2D eigenvalue weighted by Crippen LogP contribution is 2.35. The number of rotatable bonds is 3. The number of sulfonamides is 1. The van der Waals surface area contributed by atoms with Crippen molar-refractivity contribution in [1.29, 1.82) is 5.26 Å². The summed E-state index contributed by atoms with van der Waals surface area (Å²) in [6, 6.07) is 8.09. The molecule has 0 radical (unpaired) electrons. The third-order valence-corrected chi connectivity index (χ3v) is 5.45. The lowest BCUT2D eigenvalue weighted by Gasteiger charge is -2.34. The maximum Gasteiger partial charge on any atom is 0.240 e. The fourth-order valence-electron chi connectivity index (χ4n) is 2.54. The molecule has 0 bridgehead atoms. The van der Waals surface area contributed by atoms with Crippen LogP contribution >= 0.6 is 0 Å². The van der Waals surface area contributed by atoms with Gasteiger partial charge in [-0.25, -0.2) is 13.1 Å². The predicted molar refractivity (Wildman–Crippen MR) is 77.5 cm³/mol. The Morgan fingerprint density at radius 1 is 1.30 bits per heavy atom. The molecule has 1 saturated carbocycles. The quantitative estimate of drug-likeness (QED) is 0.931. The number of benzene rings is 1. The lowest BCUT2D eigenvalue weighted by Crippen LogP contribution is -2.39. The van der Waals surface area contributed by atoms with Gasteiger partial charge < -0.3 is 0 Å². The summed E-state index contributed by atoms with van der Waals surface area (Å²) in [4.78, 5) is 0.168. The van der Waals surface area contributed by atoms with Crippen molar-refractivity contribution in [1.82, 2.24) is 4.72 Å². The molecular formula is C15H20N2O2S. The van der Waals surface area contributed by atoms with E-state index in [2.05, 4.69) is 18.6 Å². The number of nitrogens with one attached hydrogen (secondary N) is 1. The molecule has 2 rings (SSSR count). The van der Waals surface area contributed by atoms with E-state index in [-0.39, 0.29) is 10.9 Å². The van der Waals surface area contributed by atoms with Gasteiger partial charge in [-0.3, -0.25) is 0 Å². The molecule has 0 aromatic heterocycles. The van der Waals surface area contributed by atoms with Gasteiger partial charge in [0.25, 0.3) is 0 Å². The van der Waals surface area contributed by atoms with E-state index in [4.69, 9.17) is 5.26 Å². The Kier molecular flexibility index (Phi) is 4.17. The zero-order valence-electron chi connectivity index (χ0n) is 11.9. The molecule has 1 aromatic rings. The van der Waals surface area contributed by atoms with Crippen LogP contribution in [0, 0.1) is 16.7 Å². The van der Waals surface area contributed by atoms with E-state index in [1.807, 2.05) is 6.07 Å². The second-order valence-electron chi connectivity index (χ2n) is 6.20. The van der Waals surface area contributed by atoms with Crippen molar-refractivity contribution in [3.05, 3.63) is 29.8 Å². The Labute approximate surface area is 120 Å². The van der Waals surface area contributed by atoms with Gasteiger partial charge >= 0.3 is 0 Å². The lowest BCUT2D eigenvalue weighted by molar-refractivity contribution is 0.218. The highest BCUT2D eigenvalue weighted by molar-refractivity contribution is 7.89. The third-order valence-electron chi connectivity index (χ3n) is 3.93. The van der Waals surface area contributed by atoms with Crippen LogP contribution < -0.4 is 4.72 Å². The maximum absolute atomic E-state index is 12.3. The van der Waals surface area contributed by atoms with Gasteiger partial charge in [-0.2, -0.15) is 5.26 Å². The highest BCUT2D eigenvalue weighted by atomic mass is 32.2. The molecule has 1 aromatic carbocycles. The van der Waals surface area contributed by atoms with Gasteiger partial charge in [-0.05, 0) is 49.3 Å². The topological polar surface area (TPSA) is 70.0 Å². The zero-order chi connectivity index (χ0) is 14.8. The molecule has 5 heteroatoms. The van der Waals surface area contributed by atoms with Crippen LogP contribution in [0.3, 0.4) is 0 Å². The monoisotopic (exact) mass is 292 g/mol. The molecule has 1 fully saturated rings. The normalized spacial score (nSPS) is 19.4. The van der Waals surface area contributed by atoms with E-state index in [1.54, 1.807) is 12.1 Å². The molecule has 0 unspecified atom stereocenters. The molecular weight excluding hydrogens is 272 g/mol. The molecule has 20 heavy (non-hydrogen) atoms. The minimum atomic E-state index is -3.53. The summed E-state index contributed by atoms with van der Waals surface area (Å²) in [6.45, 7) is 4.43. The SMILES string of the molecule is CC1(C)CCC(NS(=O)(=O)c2cccc(C#N)c2)CC1. The molecule has 108 valence electrons. The van der Waals surface area contributed by atoms with Crippen molar-refractivity contribution in [2.24, 2.45) is 5.41 Å². The van der Waals surface area contributed by atoms with Gasteiger partial charge in [-0.15, -0.1) is 0 Å². The van der Waals surface area contributed by atoms with Crippen molar-refractivity contribution in [3.8, 4) is 6.07 Å². The Balaban J connectivity index is 2.10. The number of hydrogen-bond acceptors (Lipinski definition) is 3. The first-order chi connectivity index (χ1) is 9.32. The number of nitrogens with zero attached hydrogens (tertiary/aromatic N) is 1. The summed E-state index contributed by atoms with van der Waals surface area (Å²) in [7, 11) is -3.53. The molecule has 0 aliphatic heterocycles. The van der Waals surface area contributed by atoms with Crippen LogP contribution in [0.5, 0.6) is 0 Å². The van der Waals surface area contributed by atoms with Crippen LogP contribution in [0.2, 0.25) is 0 Å². The van der Waals surface area contributed by atoms with E-state index < -0.39 is 10.0 Å². The Bertz CT molecular complexity index is 620. The van der Waals surface area contributed by atoms with Crippen LogP contribution in [0.15, 0.2) is 29.2 Å². The average molecular weight is 292 g/mol. The second kappa shape index (κ2) is 5.55. The van der Waals surface area contributed by atoms with E-state index in [9.17, 15) is 8.42 Å². The first kappa shape index (κ1) is 15.0. The van der Waals surface area contributed by atoms with Gasteiger partial charge in [0.2, 0.25) is 10.0 Å². The van der Waals surface area contributed by atoms with Crippen molar-refractivity contribution >= 4 is 10.0 Å². The summed E-state index contributed by atoms with van der Waals surface area (Å²) in [6.07, 6.45) is 3.78. The molecule has 0 spiro atoms. The zero-order valence-corrected chi connectivity index (χ0v) is 12.7. The van der Waals surface area contributed by atoms with Crippen LogP contribution in [0.4, 0.5) is 0 Å². The van der Waals surface area contributed by atoms with E-state index in [0.29, 0.717) is 11.0 Å². The van der Waals surface area contributed by atoms with Crippen molar-refractivity contribution in [2.45, 2.75) is 50.5 Å². The highest BCUT2D eigenvalue weighted by Gasteiger charge is 2.29. The minimum Gasteiger partial charge on any atom is -0.208 e. The second-order valence-corrected chi connectivity index (χ2v) is 7.91. The number of nitriles is 1. The smallest absolute Gasteiger partial charge is 0.208 e. The maximum atomic E-state index is 12.3. The van der Waals surface area contributed by atoms with Crippen LogP contribution in [-0.4, -0.2) is 14.5 Å². The van der Waals surface area contributed by atoms with Gasteiger partial charge in [-0.1, -0.05) is 19.9 Å². The largest absolute Gasteiger partial charge is 0.240 e. The summed E-state index contributed by atoms with van der Waals surface area (Å²) in [5, 5.41) is 8.84. The molecule has 4 nitrogen and oxygen atoms in total. The first-order valence-corrected chi connectivity index (χ1v) is 8.33. The summed E-state index contributed by atoms with van der Waals surface area (Å²) >= 11 is 0. The van der Waals surface area contributed by atoms with Gasteiger partial charge in [0.1, 0.15) is 0 Å². The Morgan fingerprint density at radius 2 is 1.95 bits per heavy atom. The number of hydrogen-bond donors (Lipinski definition) is 1. The van der Waals surface area contributed by atoms with Crippen molar-refractivity contribution in [2.75, 3.05) is 0 Å². The lowest BCUT2D eigenvalue weighted by atomic mass is 9.76. The summed E-state index contributed by atoms with van der Waals surface area (Å²) < 4.78 is 27.4. The third kappa shape index (κ3) is 3.59. The molecule has 0 saturated heterocycles. The van der Waals surface area contributed by atoms with Gasteiger partial charge in [0.15, 0.2) is 0 Å². The Morgan fingerprint density at radius 3 is 2.55 bits per heavy atom. The Hall–Kier alpha value is -1.38. The minimum absolute atomic E-state index is 0.00114. The summed E-state index contributed by atoms with van der Waals surface area (Å²) in [5.74, 6) is 0. The molecule has 1 aliphatic rings. The van der Waals surface area contributed by atoms with Gasteiger partial charge in [0, 0.05) is 6.04 Å². The molecule has 0 heterocycles. The van der Waals surface area contributed by atoms with Crippen LogP contribution in [-0.2, 0) is 10.0 Å². The average Bonchev–Trinajstić information content (AvgIpc) is 2.41. The molecule has 0 amide bonds. The fourth-order valence-corrected chi connectivity index (χ4v) is 3.89. The van der Waals surface area contributed by atoms with E-state index in [0.717, 1.165) is 25.7 Å². The van der Waals surface area contributed by atoms with Gasteiger partial charge in [0.05, 0.1) is 16.5 Å². The van der Waals surface area contributed by atoms with Crippen molar-refractivity contribution < 1.29 is 8.42 Å². The fraction of sp³-hybridized carbons (Fsp3) is 0.533. The summed E-state index contributed by atoms with van der Waals surface area (Å²) in [5.41, 5.74) is 0.667.